The highest BCUT2D eigenvalue weighted by Crippen LogP contribution is 2.32. The Morgan fingerprint density at radius 2 is 1.47 bits per heavy atom. The molecule has 1 fully saturated rings. The van der Waals surface area contributed by atoms with Gasteiger partial charge in [0.15, 0.2) is 5.82 Å². The second-order valence-corrected chi connectivity index (χ2v) is 8.45. The predicted molar refractivity (Wildman–Crippen MR) is 129 cm³/mol. The van der Waals surface area contributed by atoms with Crippen molar-refractivity contribution in [3.8, 4) is 11.3 Å². The molecule has 1 saturated heterocycles. The minimum Gasteiger partial charge on any atom is -0.351 e. The van der Waals surface area contributed by atoms with Crippen LogP contribution in [-0.2, 0) is 0 Å². The summed E-state index contributed by atoms with van der Waals surface area (Å²) in [6.45, 7) is 4.68. The molecule has 4 aromatic rings. The van der Waals surface area contributed by atoms with Gasteiger partial charge in [0.2, 0.25) is 0 Å². The molecule has 0 atom stereocenters. The summed E-state index contributed by atoms with van der Waals surface area (Å²) < 4.78 is 0. The summed E-state index contributed by atoms with van der Waals surface area (Å²) in [7, 11) is 0. The fraction of sp³-hybridized carbons (Fsp3) is 0.192. The number of carbonyl (C=O) groups is 1. The number of hydrogen-bond acceptors (Lipinski definition) is 4. The zero-order valence-electron chi connectivity index (χ0n) is 17.8. The van der Waals surface area contributed by atoms with Crippen LogP contribution in [0.15, 0.2) is 72.8 Å². The lowest BCUT2D eigenvalue weighted by Crippen LogP contribution is -2.49. The Labute approximate surface area is 192 Å². The lowest BCUT2D eigenvalue weighted by molar-refractivity contribution is 0.0747. The molecule has 1 aliphatic rings. The van der Waals surface area contributed by atoms with Gasteiger partial charge in [-0.1, -0.05) is 77.8 Å². The molecule has 1 aliphatic heterocycles. The van der Waals surface area contributed by atoms with Gasteiger partial charge in [0.1, 0.15) is 5.69 Å². The third-order valence-corrected chi connectivity index (χ3v) is 6.29. The molecular weight excluding hydrogens is 420 g/mol. The maximum Gasteiger partial charge on any atom is 0.255 e. The van der Waals surface area contributed by atoms with Crippen molar-refractivity contribution in [1.82, 2.24) is 15.1 Å². The molecular formula is C26H23ClN4O. The summed E-state index contributed by atoms with van der Waals surface area (Å²) in [6.07, 6.45) is 0. The van der Waals surface area contributed by atoms with E-state index in [9.17, 15) is 4.79 Å². The highest BCUT2D eigenvalue weighted by molar-refractivity contribution is 6.33. The number of carbonyl (C=O) groups excluding carboxylic acids is 1. The number of rotatable bonds is 3. The molecule has 32 heavy (non-hydrogen) atoms. The van der Waals surface area contributed by atoms with E-state index < -0.39 is 0 Å². The number of amides is 1. The number of aromatic nitrogens is 2. The van der Waals surface area contributed by atoms with Crippen LogP contribution in [0.2, 0.25) is 5.02 Å². The summed E-state index contributed by atoms with van der Waals surface area (Å²) in [6, 6.07) is 23.8. The van der Waals surface area contributed by atoms with Crippen LogP contribution in [-0.4, -0.2) is 47.2 Å². The van der Waals surface area contributed by atoms with E-state index in [1.54, 1.807) is 12.1 Å². The highest BCUT2D eigenvalue weighted by atomic mass is 35.5. The number of anilines is 1. The first-order valence-electron chi connectivity index (χ1n) is 10.7. The number of nitrogens with zero attached hydrogens (tertiary/aromatic N) is 4. The van der Waals surface area contributed by atoms with E-state index in [2.05, 4.69) is 58.4 Å². The number of hydrogen-bond donors (Lipinski definition) is 0. The summed E-state index contributed by atoms with van der Waals surface area (Å²) in [5.74, 6) is 0.835. The molecule has 0 unspecified atom stereocenters. The number of fused-ring (bicyclic) bond motifs is 1. The van der Waals surface area contributed by atoms with Crippen LogP contribution in [0.1, 0.15) is 15.9 Å². The van der Waals surface area contributed by atoms with Crippen LogP contribution in [0.5, 0.6) is 0 Å². The molecule has 0 N–H and O–H groups in total. The normalized spacial score (nSPS) is 14.1. The van der Waals surface area contributed by atoms with Crippen LogP contribution in [0.25, 0.3) is 22.0 Å². The van der Waals surface area contributed by atoms with Crippen molar-refractivity contribution in [2.75, 3.05) is 31.1 Å². The van der Waals surface area contributed by atoms with Crippen LogP contribution in [0, 0.1) is 6.92 Å². The molecule has 2 heterocycles. The third-order valence-electron chi connectivity index (χ3n) is 5.96. The number of benzene rings is 3. The summed E-state index contributed by atoms with van der Waals surface area (Å²) in [4.78, 5) is 17.0. The predicted octanol–water partition coefficient (Wildman–Crippen LogP) is 5.22. The van der Waals surface area contributed by atoms with E-state index >= 15 is 0 Å². The van der Waals surface area contributed by atoms with Crippen molar-refractivity contribution in [3.05, 3.63) is 88.9 Å². The molecule has 0 saturated carbocycles. The van der Waals surface area contributed by atoms with Gasteiger partial charge in [-0.05, 0) is 19.1 Å². The Bertz CT molecular complexity index is 1280. The first-order chi connectivity index (χ1) is 15.6. The zero-order valence-corrected chi connectivity index (χ0v) is 18.6. The number of piperazine rings is 1. The fourth-order valence-corrected chi connectivity index (χ4v) is 4.39. The molecule has 5 rings (SSSR count). The van der Waals surface area contributed by atoms with Crippen molar-refractivity contribution >= 4 is 34.1 Å². The van der Waals surface area contributed by atoms with E-state index in [4.69, 9.17) is 11.6 Å². The average Bonchev–Trinajstić information content (AvgIpc) is 2.84. The van der Waals surface area contributed by atoms with E-state index in [1.807, 2.05) is 29.2 Å². The van der Waals surface area contributed by atoms with Gasteiger partial charge in [-0.15, -0.1) is 10.2 Å². The van der Waals surface area contributed by atoms with Gasteiger partial charge < -0.3 is 9.80 Å². The summed E-state index contributed by atoms with van der Waals surface area (Å²) in [5.41, 5.74) is 3.71. The van der Waals surface area contributed by atoms with Crippen LogP contribution in [0.4, 0.5) is 5.82 Å². The minimum absolute atomic E-state index is 0.0269. The van der Waals surface area contributed by atoms with Crippen LogP contribution >= 0.6 is 11.6 Å². The van der Waals surface area contributed by atoms with Gasteiger partial charge >= 0.3 is 0 Å². The van der Waals surface area contributed by atoms with E-state index in [0.717, 1.165) is 27.8 Å². The Morgan fingerprint density at radius 1 is 0.812 bits per heavy atom. The summed E-state index contributed by atoms with van der Waals surface area (Å²) in [5, 5.41) is 11.9. The van der Waals surface area contributed by atoms with Gasteiger partial charge in [-0.2, -0.15) is 0 Å². The molecule has 3 aromatic carbocycles. The number of halogens is 1. The van der Waals surface area contributed by atoms with Crippen LogP contribution < -0.4 is 4.90 Å². The SMILES string of the molecule is Cc1ccc(-c2nnc(N3CCN(C(=O)c4ccccc4Cl)CC3)c3ccccc23)cc1. The molecule has 0 radical (unpaired) electrons. The molecule has 5 nitrogen and oxygen atoms in total. The molecule has 0 aliphatic carbocycles. The molecule has 0 spiro atoms. The Balaban J connectivity index is 1.41. The van der Waals surface area contributed by atoms with Gasteiger partial charge in [0.25, 0.3) is 5.91 Å². The van der Waals surface area contributed by atoms with Crippen molar-refractivity contribution in [1.29, 1.82) is 0 Å². The lowest BCUT2D eigenvalue weighted by Gasteiger charge is -2.35. The second-order valence-electron chi connectivity index (χ2n) is 8.04. The monoisotopic (exact) mass is 442 g/mol. The quantitative estimate of drug-likeness (QED) is 0.436. The van der Waals surface area contributed by atoms with Crippen molar-refractivity contribution in [3.63, 3.8) is 0 Å². The Kier molecular flexibility index (Phi) is 5.50. The summed E-state index contributed by atoms with van der Waals surface area (Å²) >= 11 is 6.23. The van der Waals surface area contributed by atoms with Gasteiger partial charge in [0.05, 0.1) is 10.6 Å². The zero-order chi connectivity index (χ0) is 22.1. The maximum absolute atomic E-state index is 12.9. The standard InChI is InChI=1S/C26H23ClN4O/c1-18-10-12-19(13-11-18)24-20-6-2-3-7-21(20)25(29-28-24)30-14-16-31(17-15-30)26(32)22-8-4-5-9-23(22)27/h2-13H,14-17H2,1H3. The van der Waals surface area contributed by atoms with Crippen LogP contribution in [0.3, 0.4) is 0 Å². The average molecular weight is 443 g/mol. The van der Waals surface area contributed by atoms with E-state index in [-0.39, 0.29) is 5.91 Å². The minimum atomic E-state index is -0.0269. The topological polar surface area (TPSA) is 49.3 Å². The largest absolute Gasteiger partial charge is 0.351 e. The van der Waals surface area contributed by atoms with Crippen molar-refractivity contribution in [2.45, 2.75) is 6.92 Å². The lowest BCUT2D eigenvalue weighted by atomic mass is 10.0. The van der Waals surface area contributed by atoms with Gasteiger partial charge in [-0.25, -0.2) is 0 Å². The maximum atomic E-state index is 12.9. The first-order valence-corrected chi connectivity index (χ1v) is 11.1. The molecule has 160 valence electrons. The van der Waals surface area contributed by atoms with E-state index in [0.29, 0.717) is 36.8 Å². The van der Waals surface area contributed by atoms with E-state index in [1.165, 1.54) is 5.56 Å². The smallest absolute Gasteiger partial charge is 0.255 e. The number of aryl methyl sites for hydroxylation is 1. The van der Waals surface area contributed by atoms with Gasteiger partial charge in [0, 0.05) is 42.5 Å². The molecule has 1 amide bonds. The molecule has 6 heteroatoms. The van der Waals surface area contributed by atoms with Crippen molar-refractivity contribution < 1.29 is 4.79 Å². The molecule has 1 aromatic heterocycles. The van der Waals surface area contributed by atoms with Gasteiger partial charge in [-0.3, -0.25) is 4.79 Å². The first kappa shape index (κ1) is 20.5. The Morgan fingerprint density at radius 3 is 2.19 bits per heavy atom. The van der Waals surface area contributed by atoms with Crippen molar-refractivity contribution in [2.24, 2.45) is 0 Å². The molecule has 0 bridgehead atoms. The second kappa shape index (κ2) is 8.60. The fourth-order valence-electron chi connectivity index (χ4n) is 4.17. The Hall–Kier alpha value is -3.44. The third kappa shape index (κ3) is 3.80. The highest BCUT2D eigenvalue weighted by Gasteiger charge is 2.25.